The van der Waals surface area contributed by atoms with Gasteiger partial charge in [-0.1, -0.05) is 18.2 Å². The van der Waals surface area contributed by atoms with Crippen molar-refractivity contribution in [1.82, 2.24) is 25.1 Å². The molecule has 5 rings (SSSR count). The van der Waals surface area contributed by atoms with Crippen LogP contribution in [0.4, 0.5) is 0 Å². The molecule has 0 amide bonds. The Morgan fingerprint density at radius 3 is 3.14 bits per heavy atom. The number of hydrogen-bond acceptors (Lipinski definition) is 3. The zero-order valence-electron chi connectivity index (χ0n) is 12.4. The van der Waals surface area contributed by atoms with Crippen molar-refractivity contribution in [3.8, 4) is 0 Å². The Balaban J connectivity index is 1.72. The van der Waals surface area contributed by atoms with Crippen LogP contribution < -0.4 is 0 Å². The summed E-state index contributed by atoms with van der Waals surface area (Å²) in [6.07, 6.45) is 7.21. The van der Waals surface area contributed by atoms with Crippen LogP contribution in [-0.4, -0.2) is 44.7 Å². The van der Waals surface area contributed by atoms with Crippen molar-refractivity contribution >= 4 is 16.5 Å². The highest BCUT2D eigenvalue weighted by Crippen LogP contribution is 2.41. The average molecular weight is 291 g/mol. The average Bonchev–Trinajstić information content (AvgIpc) is 3.19. The van der Waals surface area contributed by atoms with Crippen molar-refractivity contribution in [2.75, 3.05) is 13.6 Å². The van der Waals surface area contributed by atoms with Crippen LogP contribution in [0.2, 0.25) is 0 Å². The molecule has 110 valence electrons. The van der Waals surface area contributed by atoms with Gasteiger partial charge in [-0.2, -0.15) is 5.10 Å². The maximum Gasteiger partial charge on any atom is 0.137 e. The third-order valence-corrected chi connectivity index (χ3v) is 5.05. The van der Waals surface area contributed by atoms with E-state index >= 15 is 0 Å². The summed E-state index contributed by atoms with van der Waals surface area (Å²) in [7, 11) is 2.21. The summed E-state index contributed by atoms with van der Waals surface area (Å²) >= 11 is 0. The minimum atomic E-state index is 0.273. The first kappa shape index (κ1) is 12.2. The number of H-pyrrole nitrogens is 2. The van der Waals surface area contributed by atoms with E-state index in [0.717, 1.165) is 18.8 Å². The molecular weight excluding hydrogens is 274 g/mol. The van der Waals surface area contributed by atoms with Gasteiger partial charge in [-0.25, -0.2) is 4.98 Å². The lowest BCUT2D eigenvalue weighted by molar-refractivity contribution is 0.265. The number of benzene rings is 1. The van der Waals surface area contributed by atoms with Crippen molar-refractivity contribution in [1.29, 1.82) is 0 Å². The smallest absolute Gasteiger partial charge is 0.137 e. The van der Waals surface area contributed by atoms with E-state index in [-0.39, 0.29) is 5.92 Å². The molecule has 1 aromatic carbocycles. The van der Waals surface area contributed by atoms with Gasteiger partial charge >= 0.3 is 0 Å². The minimum Gasteiger partial charge on any atom is -0.361 e. The van der Waals surface area contributed by atoms with E-state index in [1.54, 1.807) is 6.33 Å². The van der Waals surface area contributed by atoms with Crippen LogP contribution in [0.25, 0.3) is 16.5 Å². The lowest BCUT2D eigenvalue weighted by Gasteiger charge is -2.39. The summed E-state index contributed by atoms with van der Waals surface area (Å²) in [5.74, 6) is 1.22. The number of fused-ring (bicyclic) bond motifs is 2. The highest BCUT2D eigenvalue weighted by molar-refractivity contribution is 5.98. The molecule has 1 aliphatic heterocycles. The molecule has 3 heterocycles. The van der Waals surface area contributed by atoms with Gasteiger partial charge in [-0.05, 0) is 36.2 Å². The first-order valence-electron chi connectivity index (χ1n) is 7.68. The number of aromatic nitrogens is 4. The van der Waals surface area contributed by atoms with E-state index in [9.17, 15) is 0 Å². The highest BCUT2D eigenvalue weighted by atomic mass is 15.2. The van der Waals surface area contributed by atoms with Crippen molar-refractivity contribution in [3.63, 3.8) is 0 Å². The molecule has 3 aromatic rings. The van der Waals surface area contributed by atoms with Gasteiger partial charge in [0.05, 0.1) is 0 Å². The first-order valence-corrected chi connectivity index (χ1v) is 7.68. The second-order valence-corrected chi connectivity index (χ2v) is 6.30. The van der Waals surface area contributed by atoms with Crippen LogP contribution in [0, 0.1) is 0 Å². The van der Waals surface area contributed by atoms with Gasteiger partial charge in [0.15, 0.2) is 0 Å². The summed E-state index contributed by atoms with van der Waals surface area (Å²) in [4.78, 5) is 10.2. The molecule has 5 heteroatoms. The second-order valence-electron chi connectivity index (χ2n) is 6.30. The Bertz CT molecular complexity index is 874. The summed E-state index contributed by atoms with van der Waals surface area (Å²) in [6.45, 7) is 0.971. The monoisotopic (exact) mass is 291 g/mol. The number of likely N-dealkylation sites (N-methyl/N-ethyl adjacent to an activating group) is 1. The van der Waals surface area contributed by atoms with Gasteiger partial charge in [0, 0.05) is 35.6 Å². The molecule has 2 atom stereocenters. The zero-order chi connectivity index (χ0) is 14.7. The lowest BCUT2D eigenvalue weighted by atomic mass is 9.80. The Morgan fingerprint density at radius 2 is 2.27 bits per heavy atom. The summed E-state index contributed by atoms with van der Waals surface area (Å²) in [5, 5.41) is 8.41. The van der Waals surface area contributed by atoms with Crippen LogP contribution in [0.1, 0.15) is 22.9 Å². The lowest BCUT2D eigenvalue weighted by Crippen LogP contribution is -2.42. The topological polar surface area (TPSA) is 60.6 Å². The summed E-state index contributed by atoms with van der Waals surface area (Å²) < 4.78 is 0. The number of rotatable bonds is 1. The fourth-order valence-corrected chi connectivity index (χ4v) is 4.01. The van der Waals surface area contributed by atoms with E-state index in [0.29, 0.717) is 6.04 Å². The molecule has 2 N–H and O–H groups in total. The molecule has 0 spiro atoms. The van der Waals surface area contributed by atoms with Crippen LogP contribution >= 0.6 is 0 Å². The van der Waals surface area contributed by atoms with E-state index in [1.807, 2.05) is 0 Å². The third kappa shape index (κ3) is 1.57. The molecular formula is C17H17N5. The van der Waals surface area contributed by atoms with Gasteiger partial charge in [-0.15, -0.1) is 0 Å². The molecule has 1 aliphatic carbocycles. The molecule has 2 unspecified atom stereocenters. The van der Waals surface area contributed by atoms with Crippen LogP contribution in [0.3, 0.4) is 0 Å². The zero-order valence-corrected chi connectivity index (χ0v) is 12.4. The van der Waals surface area contributed by atoms with Gasteiger partial charge < -0.3 is 4.98 Å². The minimum absolute atomic E-state index is 0.273. The number of hydrogen-bond donors (Lipinski definition) is 2. The van der Waals surface area contributed by atoms with Crippen LogP contribution in [0.5, 0.6) is 0 Å². The van der Waals surface area contributed by atoms with E-state index in [2.05, 4.69) is 62.6 Å². The number of aromatic amines is 2. The van der Waals surface area contributed by atoms with Crippen molar-refractivity contribution in [2.24, 2.45) is 0 Å². The molecule has 0 saturated carbocycles. The standard InChI is InChI=1S/C17H17N5/c1-22-8-11(17-19-9-20-21-17)5-13-12-3-2-4-14-16(12)10(7-18-14)6-15(13)22/h2-5,7,9,11,15,18H,6,8H2,1H3,(H,19,20,21). The quantitative estimate of drug-likeness (QED) is 0.723. The largest absolute Gasteiger partial charge is 0.361 e. The molecule has 0 radical (unpaired) electrons. The van der Waals surface area contributed by atoms with E-state index < -0.39 is 0 Å². The molecule has 5 nitrogen and oxygen atoms in total. The predicted molar refractivity (Wildman–Crippen MR) is 85.5 cm³/mol. The SMILES string of the molecule is CN1CC(c2ncn[nH]2)C=C2c3cccc4[nH]cc(c34)CC21. The summed E-state index contributed by atoms with van der Waals surface area (Å²) in [6, 6.07) is 6.99. The van der Waals surface area contributed by atoms with Crippen LogP contribution in [0.15, 0.2) is 36.8 Å². The van der Waals surface area contributed by atoms with Crippen molar-refractivity contribution in [3.05, 3.63) is 53.8 Å². The first-order chi connectivity index (χ1) is 10.8. The van der Waals surface area contributed by atoms with Crippen molar-refractivity contribution in [2.45, 2.75) is 18.4 Å². The Labute approximate surface area is 128 Å². The summed E-state index contributed by atoms with van der Waals surface area (Å²) in [5.41, 5.74) is 5.45. The maximum absolute atomic E-state index is 4.35. The van der Waals surface area contributed by atoms with Gasteiger partial charge in [-0.3, -0.25) is 10.00 Å². The third-order valence-electron chi connectivity index (χ3n) is 5.05. The van der Waals surface area contributed by atoms with Crippen molar-refractivity contribution < 1.29 is 0 Å². The normalized spacial score (nSPS) is 24.3. The van der Waals surface area contributed by atoms with Gasteiger partial charge in [0.25, 0.3) is 0 Å². The second kappa shape index (κ2) is 4.30. The Kier molecular flexibility index (Phi) is 2.38. The Morgan fingerprint density at radius 1 is 1.32 bits per heavy atom. The molecule has 0 bridgehead atoms. The maximum atomic E-state index is 4.35. The van der Waals surface area contributed by atoms with E-state index in [1.165, 1.54) is 27.6 Å². The highest BCUT2D eigenvalue weighted by Gasteiger charge is 2.34. The fourth-order valence-electron chi connectivity index (χ4n) is 4.01. The fraction of sp³-hybridized carbons (Fsp3) is 0.294. The molecule has 0 saturated heterocycles. The van der Waals surface area contributed by atoms with Crippen LogP contribution in [-0.2, 0) is 6.42 Å². The Hall–Kier alpha value is -2.40. The van der Waals surface area contributed by atoms with Gasteiger partial charge in [0.1, 0.15) is 12.2 Å². The number of nitrogens with one attached hydrogen (secondary N) is 2. The van der Waals surface area contributed by atoms with E-state index in [4.69, 9.17) is 0 Å². The number of nitrogens with zero attached hydrogens (tertiary/aromatic N) is 3. The molecule has 2 aliphatic rings. The van der Waals surface area contributed by atoms with Gasteiger partial charge in [0.2, 0.25) is 0 Å². The molecule has 0 fully saturated rings. The predicted octanol–water partition coefficient (Wildman–Crippen LogP) is 2.32. The molecule has 22 heavy (non-hydrogen) atoms. The molecule has 2 aromatic heterocycles.